The summed E-state index contributed by atoms with van der Waals surface area (Å²) in [6.45, 7) is 4.00. The largest absolute Gasteiger partial charge is 0.0776 e. The maximum absolute atomic E-state index is 5.75. The maximum Gasteiger partial charge on any atom is 0.0194 e. The average Bonchev–Trinajstić information content (AvgIpc) is 1.50. The van der Waals surface area contributed by atoms with Crippen LogP contribution >= 0.6 is 0 Å². The van der Waals surface area contributed by atoms with Crippen molar-refractivity contribution in [1.82, 2.24) is 0 Å². The molecule has 0 aliphatic carbocycles. The molecule has 4 heavy (non-hydrogen) atoms. The van der Waals surface area contributed by atoms with Gasteiger partial charge in [0.1, 0.15) is 0 Å². The maximum atomic E-state index is 5.75. The van der Waals surface area contributed by atoms with Crippen LogP contribution in [0, 0.1) is 0 Å². The van der Waals surface area contributed by atoms with Crippen LogP contribution in [-0.2, 0) is 0 Å². The van der Waals surface area contributed by atoms with Gasteiger partial charge >= 0.3 is 0 Å². The van der Waals surface area contributed by atoms with Gasteiger partial charge in [0.05, 0.1) is 0 Å². The molecule has 0 unspecified atom stereocenters. The molecule has 0 aromatic rings. The Bertz CT molecular complexity index is 3.61. The van der Waals surface area contributed by atoms with Crippen LogP contribution < -0.4 is 0 Å². The first-order chi connectivity index (χ1) is 2.00. The normalized spacial score (nSPS) is 3.25. The average molecular weight is 63.2 g/mol. The van der Waals surface area contributed by atoms with E-state index in [-0.39, 0.29) is 7.43 Å². The van der Waals surface area contributed by atoms with Crippen LogP contribution in [0.15, 0.2) is 0 Å². The van der Waals surface area contributed by atoms with Crippen molar-refractivity contribution in [2.45, 2.75) is 28.7 Å². The molecule has 0 aliphatic heterocycles. The summed E-state index contributed by atoms with van der Waals surface area (Å²) in [6, 6.07) is 0. The monoisotopic (exact) mass is 63.1 g/mol. The zero-order valence-electron chi connectivity index (χ0n) is 4.00. The Labute approximate surface area is 31.3 Å². The number of hydrogen-bond donors (Lipinski definition) is 0. The SMILES string of the molecule is C.CC.[2H]C. The molecule has 0 aliphatic rings. The molecule has 0 nitrogen and oxygen atoms in total. The van der Waals surface area contributed by atoms with Gasteiger partial charge in [0, 0.05) is 1.37 Å². The Morgan fingerprint density at radius 2 is 1.25 bits per heavy atom. The van der Waals surface area contributed by atoms with E-state index in [4.69, 9.17) is 1.37 Å². The fourth-order valence-electron chi connectivity index (χ4n) is 0. The van der Waals surface area contributed by atoms with E-state index in [0.717, 1.165) is 0 Å². The van der Waals surface area contributed by atoms with Gasteiger partial charge in [-0.15, -0.1) is 0 Å². The second-order valence-corrected chi connectivity index (χ2v) is 0. The highest BCUT2D eigenvalue weighted by Gasteiger charge is 0.932. The third-order valence-corrected chi connectivity index (χ3v) is 0. The lowest BCUT2D eigenvalue weighted by molar-refractivity contribution is 1.50. The predicted molar refractivity (Wildman–Crippen MR) is 24.8 cm³/mol. The second-order valence-electron chi connectivity index (χ2n) is 0. The van der Waals surface area contributed by atoms with Gasteiger partial charge in [-0.1, -0.05) is 28.7 Å². The van der Waals surface area contributed by atoms with Crippen molar-refractivity contribution in [3.8, 4) is 0 Å². The first-order valence-corrected chi connectivity index (χ1v) is 1.00. The molecule has 30 valence electrons. The molecule has 0 heterocycles. The Hall–Kier alpha value is 0. The van der Waals surface area contributed by atoms with E-state index in [1.54, 1.807) is 0 Å². The minimum atomic E-state index is 0. The van der Waals surface area contributed by atoms with E-state index < -0.39 is 0 Å². The fraction of sp³-hybridized carbons (Fsp3) is 1.00. The predicted octanol–water partition coefficient (Wildman–Crippen LogP) is 2.30. The van der Waals surface area contributed by atoms with Crippen molar-refractivity contribution >= 4 is 0 Å². The summed E-state index contributed by atoms with van der Waals surface area (Å²) in [5.41, 5.74) is 0. The van der Waals surface area contributed by atoms with Gasteiger partial charge in [-0.25, -0.2) is 0 Å². The van der Waals surface area contributed by atoms with Crippen molar-refractivity contribution in [3.05, 3.63) is 0 Å². The minimum absolute atomic E-state index is 0. The van der Waals surface area contributed by atoms with Crippen molar-refractivity contribution in [2.75, 3.05) is 0 Å². The second kappa shape index (κ2) is 0. The molecule has 0 spiro atoms. The summed E-state index contributed by atoms with van der Waals surface area (Å²) in [5.74, 6) is 0. The first kappa shape index (κ1) is 9.00. The molecule has 0 saturated heterocycles. The zero-order chi connectivity index (χ0) is 4.00. The number of rotatable bonds is 0. The molecule has 0 heteroatoms. The van der Waals surface area contributed by atoms with Crippen LogP contribution in [-0.4, -0.2) is 0 Å². The fourth-order valence-corrected chi connectivity index (χ4v) is 0. The molecule has 0 rings (SSSR count). The summed E-state index contributed by atoms with van der Waals surface area (Å²) in [4.78, 5) is 0. The summed E-state index contributed by atoms with van der Waals surface area (Å²) in [7, 11) is 1.25. The van der Waals surface area contributed by atoms with Gasteiger partial charge in [-0.2, -0.15) is 0 Å². The molecule has 0 saturated carbocycles. The van der Waals surface area contributed by atoms with E-state index in [9.17, 15) is 0 Å². The zero-order valence-corrected chi connectivity index (χ0v) is 3.00. The van der Waals surface area contributed by atoms with Gasteiger partial charge in [0.15, 0.2) is 0 Å². The molecular formula is C4H14. The van der Waals surface area contributed by atoms with Crippen LogP contribution in [0.25, 0.3) is 0 Å². The highest BCUT2D eigenvalue weighted by atomic mass is 13.0. The third-order valence-electron chi connectivity index (χ3n) is 0. The van der Waals surface area contributed by atoms with E-state index in [0.29, 0.717) is 0 Å². The van der Waals surface area contributed by atoms with Gasteiger partial charge < -0.3 is 0 Å². The van der Waals surface area contributed by atoms with E-state index >= 15 is 0 Å². The molecule has 0 atom stereocenters. The van der Waals surface area contributed by atoms with Gasteiger partial charge in [0.2, 0.25) is 0 Å². The molecule has 0 amide bonds. The Morgan fingerprint density at radius 3 is 1.25 bits per heavy atom. The van der Waals surface area contributed by atoms with Crippen molar-refractivity contribution < 1.29 is 1.37 Å². The summed E-state index contributed by atoms with van der Waals surface area (Å²) < 4.78 is 5.75. The summed E-state index contributed by atoms with van der Waals surface area (Å²) in [5, 5.41) is 0. The van der Waals surface area contributed by atoms with E-state index in [2.05, 4.69) is 0 Å². The van der Waals surface area contributed by atoms with Gasteiger partial charge in [-0.05, 0) is 0 Å². The van der Waals surface area contributed by atoms with Gasteiger partial charge in [-0.3, -0.25) is 0 Å². The van der Waals surface area contributed by atoms with E-state index in [1.807, 2.05) is 13.8 Å². The lowest BCUT2D eigenvalue weighted by atomic mass is 11.0. The topological polar surface area (TPSA) is 0 Å². The smallest absolute Gasteiger partial charge is 0.0194 e. The molecular weight excluding hydrogens is 48.0 g/mol. The summed E-state index contributed by atoms with van der Waals surface area (Å²) >= 11 is 0. The highest BCUT2D eigenvalue weighted by Crippen LogP contribution is 1.14. The lowest BCUT2D eigenvalue weighted by Crippen LogP contribution is -0.856. The quantitative estimate of drug-likeness (QED) is 0.404. The Balaban J connectivity index is -0.0000000133. The first-order valence-electron chi connectivity index (χ1n) is 2.00. The Kier molecular flexibility index (Phi) is 0. The van der Waals surface area contributed by atoms with Crippen molar-refractivity contribution in [2.24, 2.45) is 0 Å². The lowest BCUT2D eigenvalue weighted by Gasteiger charge is -1.07. The minimum Gasteiger partial charge on any atom is -0.0776 e. The standard InChI is InChI=1S/C2H6.2CH4/c1-2;;/h1-2H3;2*1H4/i;1D;. The molecule has 0 N–H and O–H groups in total. The van der Waals surface area contributed by atoms with E-state index in [1.165, 1.54) is 7.40 Å². The van der Waals surface area contributed by atoms with Crippen molar-refractivity contribution in [1.29, 1.82) is 0 Å². The molecule has 0 fully saturated rings. The molecule has 0 aromatic carbocycles. The van der Waals surface area contributed by atoms with Gasteiger partial charge in [0.25, 0.3) is 0 Å². The van der Waals surface area contributed by atoms with Crippen molar-refractivity contribution in [3.63, 3.8) is 0 Å². The van der Waals surface area contributed by atoms with Crippen LogP contribution in [0.4, 0.5) is 0 Å². The molecule has 0 bridgehead atoms. The Morgan fingerprint density at radius 1 is 1.25 bits per heavy atom. The van der Waals surface area contributed by atoms with Crippen LogP contribution in [0.5, 0.6) is 0 Å². The molecule has 0 aromatic heterocycles. The summed E-state index contributed by atoms with van der Waals surface area (Å²) in [6.07, 6.45) is 0. The number of hydrogen-bond acceptors (Lipinski definition) is 0. The van der Waals surface area contributed by atoms with Crippen LogP contribution in [0.1, 0.15) is 30.0 Å². The molecule has 0 radical (unpaired) electrons. The third kappa shape index (κ3) is 0. The van der Waals surface area contributed by atoms with Crippen LogP contribution in [0.2, 0.25) is 0 Å². The van der Waals surface area contributed by atoms with Crippen LogP contribution in [0.3, 0.4) is 0 Å². The highest BCUT2D eigenvalue weighted by molar-refractivity contribution is 3.50.